The van der Waals surface area contributed by atoms with Gasteiger partial charge in [0, 0.05) is 6.42 Å². The van der Waals surface area contributed by atoms with Crippen LogP contribution in [0.3, 0.4) is 0 Å². The van der Waals surface area contributed by atoms with Crippen molar-refractivity contribution >= 4 is 5.91 Å². The molecule has 3 heterocycles. The zero-order chi connectivity index (χ0) is 71.8. The molecule has 0 aromatic carbocycles. The Balaban J connectivity index is 1.41. The number of nitrogens with one attached hydrogen (secondary N) is 1. The molecule has 3 aliphatic rings. The molecule has 3 aliphatic heterocycles. The maximum Gasteiger partial charge on any atom is 0.220 e. The van der Waals surface area contributed by atoms with Crippen LogP contribution in [-0.4, -0.2) is 193 Å². The zero-order valence-electron chi connectivity index (χ0n) is 60.7. The van der Waals surface area contributed by atoms with Crippen LogP contribution < -0.4 is 5.32 Å². The molecule has 0 aromatic rings. The Morgan fingerprint density at radius 2 is 0.697 bits per heavy atom. The summed E-state index contributed by atoms with van der Waals surface area (Å²) in [4.78, 5) is 13.5. The molecule has 0 aliphatic carbocycles. The highest BCUT2D eigenvalue weighted by atomic mass is 16.8. The second-order valence-corrected chi connectivity index (χ2v) is 27.1. The fraction of sp³-hybridized carbons (Fsp3) is 0.762. The summed E-state index contributed by atoms with van der Waals surface area (Å²) in [7, 11) is 0. The van der Waals surface area contributed by atoms with Gasteiger partial charge < -0.3 is 89.9 Å². The maximum atomic E-state index is 13.5. The van der Waals surface area contributed by atoms with Gasteiger partial charge in [0.05, 0.1) is 38.6 Å². The number of rotatable bonds is 59. The lowest BCUT2D eigenvalue weighted by molar-refractivity contribution is -0.379. The molecule has 17 atom stereocenters. The van der Waals surface area contributed by atoms with Gasteiger partial charge in [-0.2, -0.15) is 0 Å². The van der Waals surface area contributed by atoms with Gasteiger partial charge in [-0.05, 0) is 83.5 Å². The molecule has 19 heteroatoms. The van der Waals surface area contributed by atoms with E-state index in [-0.39, 0.29) is 18.9 Å². The van der Waals surface area contributed by atoms with Crippen molar-refractivity contribution in [3.63, 3.8) is 0 Å². The topological polar surface area (TPSA) is 307 Å². The van der Waals surface area contributed by atoms with Gasteiger partial charge in [-0.25, -0.2) is 0 Å². The second-order valence-electron chi connectivity index (χ2n) is 27.1. The monoisotopic (exact) mass is 1400 g/mol. The summed E-state index contributed by atoms with van der Waals surface area (Å²) in [5.74, 6) is -0.277. The molecule has 3 rings (SSSR count). The molecule has 570 valence electrons. The summed E-state index contributed by atoms with van der Waals surface area (Å²) >= 11 is 0. The first-order valence-electron chi connectivity index (χ1n) is 38.6. The quantitative estimate of drug-likeness (QED) is 0.0199. The highest BCUT2D eigenvalue weighted by Crippen LogP contribution is 2.33. The van der Waals surface area contributed by atoms with Crippen molar-refractivity contribution in [2.75, 3.05) is 26.4 Å². The molecular formula is C80H137NO18. The molecule has 19 nitrogen and oxygen atoms in total. The Morgan fingerprint density at radius 3 is 1.08 bits per heavy atom. The van der Waals surface area contributed by atoms with Crippen LogP contribution in [-0.2, 0) is 33.2 Å². The molecule has 3 saturated heterocycles. The first-order chi connectivity index (χ1) is 48.3. The van der Waals surface area contributed by atoms with Gasteiger partial charge in [-0.3, -0.25) is 4.79 Å². The van der Waals surface area contributed by atoms with Crippen molar-refractivity contribution in [2.24, 2.45) is 0 Å². The van der Waals surface area contributed by atoms with Gasteiger partial charge in [-0.15, -0.1) is 0 Å². The van der Waals surface area contributed by atoms with Crippen LogP contribution in [0.5, 0.6) is 0 Å². The highest BCUT2D eigenvalue weighted by Gasteiger charge is 2.53. The third-order valence-electron chi connectivity index (χ3n) is 18.6. The minimum absolute atomic E-state index is 0.219. The van der Waals surface area contributed by atoms with Crippen LogP contribution in [0.2, 0.25) is 0 Å². The Hall–Kier alpha value is -3.55. The lowest BCUT2D eigenvalue weighted by atomic mass is 9.96. The Morgan fingerprint density at radius 1 is 0.374 bits per heavy atom. The summed E-state index contributed by atoms with van der Waals surface area (Å²) in [5.41, 5.74) is 0. The number of unbranched alkanes of at least 4 members (excludes halogenated alkanes) is 25. The fourth-order valence-electron chi connectivity index (χ4n) is 12.4. The number of allylic oxidation sites excluding steroid dienone is 18. The maximum absolute atomic E-state index is 13.5. The highest BCUT2D eigenvalue weighted by molar-refractivity contribution is 5.76. The summed E-state index contributed by atoms with van der Waals surface area (Å²) in [6.45, 7) is 1.67. The van der Waals surface area contributed by atoms with E-state index in [1.165, 1.54) is 122 Å². The van der Waals surface area contributed by atoms with E-state index in [0.29, 0.717) is 19.3 Å². The number of aliphatic hydroxyl groups excluding tert-OH is 11. The van der Waals surface area contributed by atoms with Gasteiger partial charge in [-0.1, -0.05) is 277 Å². The number of carbonyl (C=O) groups is 1. The van der Waals surface area contributed by atoms with Crippen LogP contribution in [0.15, 0.2) is 109 Å². The summed E-state index contributed by atoms with van der Waals surface area (Å²) < 4.78 is 34.5. The van der Waals surface area contributed by atoms with Crippen molar-refractivity contribution < 1.29 is 89.4 Å². The van der Waals surface area contributed by atoms with Crippen LogP contribution in [0.25, 0.3) is 0 Å². The average Bonchev–Trinajstić information content (AvgIpc) is 0.577. The summed E-state index contributed by atoms with van der Waals surface area (Å²) in [5, 5.41) is 121. The number of hydrogen-bond acceptors (Lipinski definition) is 18. The Kier molecular flexibility index (Phi) is 54.2. The fourth-order valence-corrected chi connectivity index (χ4v) is 12.4. The van der Waals surface area contributed by atoms with E-state index in [4.69, 9.17) is 28.4 Å². The van der Waals surface area contributed by atoms with Gasteiger partial charge in [0.25, 0.3) is 0 Å². The van der Waals surface area contributed by atoms with E-state index in [1.807, 2.05) is 0 Å². The molecule has 0 saturated carbocycles. The van der Waals surface area contributed by atoms with E-state index in [9.17, 15) is 61.0 Å². The molecule has 0 bridgehead atoms. The van der Waals surface area contributed by atoms with Crippen molar-refractivity contribution in [1.29, 1.82) is 0 Å². The number of hydrogen-bond donors (Lipinski definition) is 12. The Bertz CT molecular complexity index is 2220. The van der Waals surface area contributed by atoms with Gasteiger partial charge in [0.1, 0.15) is 73.2 Å². The SMILES string of the molecule is CC/C=C\C/C=C\C/C=C\C/C=C\C/C=C\C/C=C\C/C=C\C/C=C\C/C=C\CCCCCC(=O)NC(COC1OC(CO)C(OC2OC(CO)C(OC3OC(CO)C(O)C(O)C3O)C(O)C2O)C(O)C1O)C(O)CCCCCCCCCCCCCCCCCCCCCCCCC. The van der Waals surface area contributed by atoms with E-state index < -0.39 is 124 Å². The smallest absolute Gasteiger partial charge is 0.220 e. The van der Waals surface area contributed by atoms with Crippen LogP contribution in [0.4, 0.5) is 0 Å². The van der Waals surface area contributed by atoms with Gasteiger partial charge in [0.2, 0.25) is 5.91 Å². The molecule has 12 N–H and O–H groups in total. The van der Waals surface area contributed by atoms with Crippen molar-refractivity contribution in [3.05, 3.63) is 109 Å². The van der Waals surface area contributed by atoms with Crippen LogP contribution in [0.1, 0.15) is 258 Å². The summed E-state index contributed by atoms with van der Waals surface area (Å²) in [6.07, 6.45) is 54.4. The molecule has 3 fully saturated rings. The standard InChI is InChI=1S/C80H137NO18/c1-3-5-7-9-11-13-15-17-19-21-23-25-27-28-29-30-31-32-33-34-36-38-40-42-44-46-48-50-52-54-56-58-68(86)81-63(64(85)57-55-53-51-49-47-45-43-41-39-37-35-26-24-22-20-18-16-14-12-10-8-6-4-2)62-94-78-74(92)71(89)76(66(60-83)96-78)99-80-75(93)72(90)77(67(61-84)97-80)98-79-73(91)70(88)69(87)65(59-82)95-79/h5,7,11,13,17,19,23,25,28-29,31-32,34,36,40,42,46,48,63-67,69-80,82-85,87-93H,3-4,6,8-10,12,14-16,18,20-22,24,26-27,30,33,35,37-39,41,43-45,47,49-62H2,1-2H3,(H,81,86)/b7-5-,13-11-,19-17-,25-23-,29-28-,32-31-,36-34-,42-40-,48-46-. The molecule has 1 amide bonds. The van der Waals surface area contributed by atoms with E-state index in [2.05, 4.69) is 129 Å². The third kappa shape index (κ3) is 40.3. The molecule has 0 aromatic heterocycles. The normalized spacial score (nSPS) is 27.2. The van der Waals surface area contributed by atoms with Crippen molar-refractivity contribution in [3.8, 4) is 0 Å². The number of carbonyl (C=O) groups excluding carboxylic acids is 1. The number of aliphatic hydroxyl groups is 11. The van der Waals surface area contributed by atoms with Crippen molar-refractivity contribution in [2.45, 2.75) is 362 Å². The zero-order valence-corrected chi connectivity index (χ0v) is 60.7. The molecule has 17 unspecified atom stereocenters. The lowest BCUT2D eigenvalue weighted by Crippen LogP contribution is -2.66. The predicted molar refractivity (Wildman–Crippen MR) is 392 cm³/mol. The first kappa shape index (κ1) is 89.7. The molecule has 0 spiro atoms. The minimum atomic E-state index is -1.98. The first-order valence-corrected chi connectivity index (χ1v) is 38.6. The lowest BCUT2D eigenvalue weighted by Gasteiger charge is -2.48. The van der Waals surface area contributed by atoms with Crippen LogP contribution >= 0.6 is 0 Å². The van der Waals surface area contributed by atoms with E-state index in [0.717, 1.165) is 96.3 Å². The largest absolute Gasteiger partial charge is 0.394 e. The summed E-state index contributed by atoms with van der Waals surface area (Å²) in [6, 6.07) is -0.915. The average molecular weight is 1400 g/mol. The second kappa shape index (κ2) is 59.8. The van der Waals surface area contributed by atoms with E-state index in [1.54, 1.807) is 0 Å². The van der Waals surface area contributed by atoms with Crippen LogP contribution in [0, 0.1) is 0 Å². The number of amides is 1. The predicted octanol–water partition coefficient (Wildman–Crippen LogP) is 12.2. The van der Waals surface area contributed by atoms with Gasteiger partial charge in [0.15, 0.2) is 18.9 Å². The molecular weight excluding hydrogens is 1260 g/mol. The minimum Gasteiger partial charge on any atom is -0.394 e. The Labute approximate surface area is 595 Å². The van der Waals surface area contributed by atoms with Gasteiger partial charge >= 0.3 is 0 Å². The third-order valence-corrected chi connectivity index (χ3v) is 18.6. The molecule has 0 radical (unpaired) electrons. The molecule has 99 heavy (non-hydrogen) atoms. The van der Waals surface area contributed by atoms with E-state index >= 15 is 0 Å². The van der Waals surface area contributed by atoms with Crippen molar-refractivity contribution in [1.82, 2.24) is 5.32 Å². The number of ether oxygens (including phenoxy) is 6.